The molecule has 1 amide bonds. The Morgan fingerprint density at radius 3 is 2.57 bits per heavy atom. The number of hydrogen-bond acceptors (Lipinski definition) is 4. The molecular weight excluding hydrogens is 274 g/mol. The van der Waals surface area contributed by atoms with Crippen molar-refractivity contribution in [3.63, 3.8) is 0 Å². The monoisotopic (exact) mass is 291 g/mol. The van der Waals surface area contributed by atoms with Crippen LogP contribution in [-0.4, -0.2) is 52.6 Å². The van der Waals surface area contributed by atoms with E-state index < -0.39 is 17.7 Å². The van der Waals surface area contributed by atoms with Gasteiger partial charge in [0.05, 0.1) is 12.2 Å². The number of aromatic nitrogens is 2. The molecule has 0 saturated heterocycles. The number of likely N-dealkylation sites (N-methyl/N-ethyl adjacent to an activating group) is 1. The minimum Gasteiger partial charge on any atom is -0.462 e. The van der Waals surface area contributed by atoms with Gasteiger partial charge in [-0.3, -0.25) is 14.0 Å². The largest absolute Gasteiger partial charge is 0.462 e. The quantitative estimate of drug-likeness (QED) is 0.518. The second kappa shape index (κ2) is 5.43. The van der Waals surface area contributed by atoms with Gasteiger partial charge in [0.15, 0.2) is 0 Å². The predicted molar refractivity (Wildman–Crippen MR) is 75.5 cm³/mol. The van der Waals surface area contributed by atoms with Gasteiger partial charge in [-0.05, 0) is 19.9 Å². The van der Waals surface area contributed by atoms with Gasteiger partial charge in [0.2, 0.25) is 0 Å². The standard InChI is InChI=1S/C14H17N3O4/c1-5-21-14(20)9-6-11-15-7-10(17(11)8(9)2)12(18)13(19)16(3)4/h6-7,15H,5H2,1-4H3. The highest BCUT2D eigenvalue weighted by Crippen LogP contribution is 2.19. The van der Waals surface area contributed by atoms with Gasteiger partial charge in [0.25, 0.3) is 11.7 Å². The minimum absolute atomic E-state index is 0.191. The molecule has 21 heavy (non-hydrogen) atoms. The van der Waals surface area contributed by atoms with Crippen LogP contribution in [0.3, 0.4) is 0 Å². The van der Waals surface area contributed by atoms with Crippen molar-refractivity contribution in [3.05, 3.63) is 29.2 Å². The van der Waals surface area contributed by atoms with E-state index in [0.29, 0.717) is 16.9 Å². The number of amides is 1. The molecule has 0 aromatic carbocycles. The van der Waals surface area contributed by atoms with Gasteiger partial charge in [-0.1, -0.05) is 0 Å². The minimum atomic E-state index is -0.639. The van der Waals surface area contributed by atoms with Gasteiger partial charge in [-0.15, -0.1) is 0 Å². The molecule has 2 aromatic rings. The van der Waals surface area contributed by atoms with E-state index >= 15 is 0 Å². The summed E-state index contributed by atoms with van der Waals surface area (Å²) in [4.78, 5) is 39.9. The lowest BCUT2D eigenvalue weighted by Gasteiger charge is -2.08. The molecular formula is C14H17N3O4. The number of imidazole rings is 1. The second-order valence-electron chi connectivity index (χ2n) is 4.79. The fourth-order valence-electron chi connectivity index (χ4n) is 2.13. The summed E-state index contributed by atoms with van der Waals surface area (Å²) in [5.74, 6) is -1.72. The summed E-state index contributed by atoms with van der Waals surface area (Å²) in [6.07, 6.45) is 1.46. The van der Waals surface area contributed by atoms with Crippen LogP contribution in [0.25, 0.3) is 5.65 Å². The molecule has 0 fully saturated rings. The van der Waals surface area contributed by atoms with Crippen molar-refractivity contribution in [2.24, 2.45) is 0 Å². The lowest BCUT2D eigenvalue weighted by atomic mass is 10.2. The summed E-state index contributed by atoms with van der Waals surface area (Å²) in [6.45, 7) is 3.69. The van der Waals surface area contributed by atoms with E-state index in [-0.39, 0.29) is 12.3 Å². The Balaban J connectivity index is 2.51. The number of aryl methyl sites for hydroxylation is 1. The molecule has 0 spiro atoms. The molecule has 2 rings (SSSR count). The molecule has 112 valence electrons. The number of carbonyl (C=O) groups is 3. The van der Waals surface area contributed by atoms with Crippen LogP contribution in [0.5, 0.6) is 0 Å². The third kappa shape index (κ3) is 2.42. The zero-order chi connectivity index (χ0) is 15.7. The first-order chi connectivity index (χ1) is 9.88. The molecule has 0 aliphatic rings. The number of ether oxygens (including phenoxy) is 1. The van der Waals surface area contributed by atoms with Crippen LogP contribution in [0, 0.1) is 6.92 Å². The predicted octanol–water partition coefficient (Wildman–Crippen LogP) is 1.02. The average Bonchev–Trinajstić information content (AvgIpc) is 2.98. The third-order valence-corrected chi connectivity index (χ3v) is 3.17. The van der Waals surface area contributed by atoms with Gasteiger partial charge in [-0.2, -0.15) is 0 Å². The van der Waals surface area contributed by atoms with E-state index in [4.69, 9.17) is 4.74 Å². The summed E-state index contributed by atoms with van der Waals surface area (Å²) >= 11 is 0. The molecule has 7 heteroatoms. The Kier molecular flexibility index (Phi) is 3.84. The molecule has 0 radical (unpaired) electrons. The van der Waals surface area contributed by atoms with Crippen molar-refractivity contribution in [1.82, 2.24) is 14.3 Å². The van der Waals surface area contributed by atoms with Gasteiger partial charge in [0.1, 0.15) is 11.3 Å². The van der Waals surface area contributed by atoms with Crippen molar-refractivity contribution < 1.29 is 19.1 Å². The maximum atomic E-state index is 12.2. The van der Waals surface area contributed by atoms with Crippen molar-refractivity contribution in [2.75, 3.05) is 20.7 Å². The molecule has 2 aromatic heterocycles. The number of H-pyrrole nitrogens is 1. The average molecular weight is 291 g/mol. The number of fused-ring (bicyclic) bond motifs is 1. The molecule has 0 aliphatic heterocycles. The first-order valence-electron chi connectivity index (χ1n) is 6.51. The number of nitrogens with zero attached hydrogens (tertiary/aromatic N) is 2. The van der Waals surface area contributed by atoms with Crippen LogP contribution in [0.15, 0.2) is 12.3 Å². The fourth-order valence-corrected chi connectivity index (χ4v) is 2.13. The molecule has 0 aliphatic carbocycles. The van der Waals surface area contributed by atoms with Crippen LogP contribution >= 0.6 is 0 Å². The SMILES string of the molecule is CCOC(=O)c1cc2[nH]cc(C(=O)C(=O)N(C)C)n2c1C. The number of nitrogens with one attached hydrogen (secondary N) is 1. The molecule has 1 N–H and O–H groups in total. The lowest BCUT2D eigenvalue weighted by Crippen LogP contribution is -2.30. The summed E-state index contributed by atoms with van der Waals surface area (Å²) < 4.78 is 6.52. The maximum absolute atomic E-state index is 12.2. The Bertz CT molecular complexity index is 724. The van der Waals surface area contributed by atoms with Crippen molar-refractivity contribution in [2.45, 2.75) is 13.8 Å². The molecule has 2 heterocycles. The number of Topliss-reactive ketones (excluding diaryl/α,β-unsaturated/α-hetero) is 1. The Morgan fingerprint density at radius 1 is 1.33 bits per heavy atom. The zero-order valence-corrected chi connectivity index (χ0v) is 12.4. The highest BCUT2D eigenvalue weighted by Gasteiger charge is 2.25. The smallest absolute Gasteiger partial charge is 0.340 e. The number of hydrogen-bond donors (Lipinski definition) is 1. The first kappa shape index (κ1) is 14.8. The van der Waals surface area contributed by atoms with Gasteiger partial charge in [-0.25, -0.2) is 4.79 Å². The normalized spacial score (nSPS) is 10.7. The van der Waals surface area contributed by atoms with Gasteiger partial charge < -0.3 is 14.6 Å². The van der Waals surface area contributed by atoms with Gasteiger partial charge in [0, 0.05) is 26.0 Å². The Hall–Kier alpha value is -2.57. The van der Waals surface area contributed by atoms with Crippen LogP contribution < -0.4 is 0 Å². The molecule has 0 bridgehead atoms. The van der Waals surface area contributed by atoms with Crippen LogP contribution in [0.1, 0.15) is 33.5 Å². The van der Waals surface area contributed by atoms with E-state index in [0.717, 1.165) is 0 Å². The van der Waals surface area contributed by atoms with E-state index in [1.54, 1.807) is 24.3 Å². The maximum Gasteiger partial charge on any atom is 0.340 e. The first-order valence-corrected chi connectivity index (χ1v) is 6.51. The highest BCUT2D eigenvalue weighted by atomic mass is 16.5. The van der Waals surface area contributed by atoms with Crippen LogP contribution in [0.2, 0.25) is 0 Å². The lowest BCUT2D eigenvalue weighted by molar-refractivity contribution is -0.124. The van der Waals surface area contributed by atoms with Crippen LogP contribution in [-0.2, 0) is 9.53 Å². The molecule has 0 atom stereocenters. The number of carbonyl (C=O) groups excluding carboxylic acids is 3. The summed E-state index contributed by atoms with van der Waals surface area (Å²) in [5.41, 5.74) is 1.68. The van der Waals surface area contributed by atoms with Gasteiger partial charge >= 0.3 is 5.97 Å². The van der Waals surface area contributed by atoms with Crippen LogP contribution in [0.4, 0.5) is 0 Å². The third-order valence-electron chi connectivity index (χ3n) is 3.17. The topological polar surface area (TPSA) is 83.9 Å². The van der Waals surface area contributed by atoms with Crippen molar-refractivity contribution >= 4 is 23.3 Å². The number of ketones is 1. The fraction of sp³-hybridized carbons (Fsp3) is 0.357. The zero-order valence-electron chi connectivity index (χ0n) is 12.4. The molecule has 0 unspecified atom stereocenters. The Labute approximate surface area is 121 Å². The number of rotatable bonds is 4. The molecule has 7 nitrogen and oxygen atoms in total. The number of esters is 1. The van der Waals surface area contributed by atoms with E-state index in [1.807, 2.05) is 0 Å². The summed E-state index contributed by atoms with van der Waals surface area (Å²) in [5, 5.41) is 0. The number of aromatic amines is 1. The summed E-state index contributed by atoms with van der Waals surface area (Å²) in [7, 11) is 3.02. The summed E-state index contributed by atoms with van der Waals surface area (Å²) in [6, 6.07) is 1.60. The van der Waals surface area contributed by atoms with E-state index in [2.05, 4.69) is 4.98 Å². The van der Waals surface area contributed by atoms with E-state index in [1.165, 1.54) is 25.2 Å². The second-order valence-corrected chi connectivity index (χ2v) is 4.79. The Morgan fingerprint density at radius 2 is 2.00 bits per heavy atom. The highest BCUT2D eigenvalue weighted by molar-refractivity contribution is 6.42. The van der Waals surface area contributed by atoms with Crippen molar-refractivity contribution in [1.29, 1.82) is 0 Å². The van der Waals surface area contributed by atoms with E-state index in [9.17, 15) is 14.4 Å². The molecule has 0 saturated carbocycles. The van der Waals surface area contributed by atoms with Crippen molar-refractivity contribution in [3.8, 4) is 0 Å².